The number of aromatic nitrogens is 2. The van der Waals surface area contributed by atoms with Crippen LogP contribution in [0.2, 0.25) is 5.02 Å². The molecule has 3 rings (SSSR count). The highest BCUT2D eigenvalue weighted by Crippen LogP contribution is 2.29. The molecule has 0 saturated carbocycles. The number of halogens is 1. The number of piperazine rings is 1. The molecule has 124 valence electrons. The summed E-state index contributed by atoms with van der Waals surface area (Å²) in [4.78, 5) is 4.87. The highest BCUT2D eigenvalue weighted by Gasteiger charge is 2.28. The van der Waals surface area contributed by atoms with Gasteiger partial charge in [0.1, 0.15) is 0 Å². The van der Waals surface area contributed by atoms with Crippen LogP contribution in [0.25, 0.3) is 0 Å². The lowest BCUT2D eigenvalue weighted by molar-refractivity contribution is 0.0697. The summed E-state index contributed by atoms with van der Waals surface area (Å²) in [6, 6.07) is 8.59. The van der Waals surface area contributed by atoms with E-state index in [4.69, 9.17) is 16.0 Å². The first-order chi connectivity index (χ1) is 11.1. The Hall–Kier alpha value is -1.43. The van der Waals surface area contributed by atoms with Crippen molar-refractivity contribution in [3.8, 4) is 0 Å². The molecule has 0 amide bonds. The zero-order chi connectivity index (χ0) is 16.4. The van der Waals surface area contributed by atoms with Gasteiger partial charge in [-0.15, -0.1) is 10.2 Å². The standard InChI is InChI=1S/C17H23ClN4O/c1-12(15-6-4-5-7-16(15)18)21-8-10-22(11-9-21)13(2)17-20-19-14(3)23-17/h4-7,12-13H,8-11H2,1-3H3. The molecule has 1 aromatic heterocycles. The van der Waals surface area contributed by atoms with E-state index < -0.39 is 0 Å². The van der Waals surface area contributed by atoms with Crippen LogP contribution in [0.4, 0.5) is 0 Å². The van der Waals surface area contributed by atoms with E-state index in [9.17, 15) is 0 Å². The molecule has 0 radical (unpaired) electrons. The molecule has 1 saturated heterocycles. The van der Waals surface area contributed by atoms with Gasteiger partial charge in [0.05, 0.1) is 6.04 Å². The Labute approximate surface area is 142 Å². The third kappa shape index (κ3) is 3.57. The second-order valence-corrected chi connectivity index (χ2v) is 6.51. The minimum atomic E-state index is 0.161. The fraction of sp³-hybridized carbons (Fsp3) is 0.529. The number of aryl methyl sites for hydroxylation is 1. The molecule has 5 nitrogen and oxygen atoms in total. The molecule has 23 heavy (non-hydrogen) atoms. The highest BCUT2D eigenvalue weighted by atomic mass is 35.5. The molecular weight excluding hydrogens is 312 g/mol. The summed E-state index contributed by atoms with van der Waals surface area (Å²) in [7, 11) is 0. The third-order valence-electron chi connectivity index (χ3n) is 4.70. The Morgan fingerprint density at radius 1 is 1.00 bits per heavy atom. The first-order valence-corrected chi connectivity index (χ1v) is 8.46. The predicted octanol–water partition coefficient (Wildman–Crippen LogP) is 3.47. The average Bonchev–Trinajstić information content (AvgIpc) is 3.01. The van der Waals surface area contributed by atoms with Gasteiger partial charge < -0.3 is 4.42 Å². The molecule has 1 aromatic carbocycles. The van der Waals surface area contributed by atoms with Crippen LogP contribution in [-0.2, 0) is 0 Å². The molecule has 0 bridgehead atoms. The van der Waals surface area contributed by atoms with Crippen LogP contribution in [0.1, 0.15) is 43.3 Å². The van der Waals surface area contributed by atoms with Crippen LogP contribution < -0.4 is 0 Å². The van der Waals surface area contributed by atoms with Crippen LogP contribution in [0.15, 0.2) is 28.7 Å². The van der Waals surface area contributed by atoms with Crippen molar-refractivity contribution in [2.45, 2.75) is 32.9 Å². The normalized spacial score (nSPS) is 19.7. The third-order valence-corrected chi connectivity index (χ3v) is 5.04. The van der Waals surface area contributed by atoms with Crippen molar-refractivity contribution in [2.24, 2.45) is 0 Å². The molecule has 1 aliphatic heterocycles. The monoisotopic (exact) mass is 334 g/mol. The van der Waals surface area contributed by atoms with E-state index in [-0.39, 0.29) is 6.04 Å². The van der Waals surface area contributed by atoms with Crippen LogP contribution in [0.5, 0.6) is 0 Å². The smallest absolute Gasteiger partial charge is 0.233 e. The summed E-state index contributed by atoms with van der Waals surface area (Å²) in [5.74, 6) is 1.33. The lowest BCUT2D eigenvalue weighted by atomic mass is 10.1. The topological polar surface area (TPSA) is 45.4 Å². The summed E-state index contributed by atoms with van der Waals surface area (Å²) in [6.45, 7) is 10.1. The lowest BCUT2D eigenvalue weighted by Crippen LogP contribution is -2.47. The maximum Gasteiger partial charge on any atom is 0.233 e. The summed E-state index contributed by atoms with van der Waals surface area (Å²) in [6.07, 6.45) is 0. The van der Waals surface area contributed by atoms with Gasteiger partial charge in [-0.25, -0.2) is 0 Å². The summed E-state index contributed by atoms with van der Waals surface area (Å²) in [5.41, 5.74) is 1.20. The van der Waals surface area contributed by atoms with Gasteiger partial charge in [0, 0.05) is 44.2 Å². The maximum absolute atomic E-state index is 6.34. The van der Waals surface area contributed by atoms with Crippen LogP contribution in [0, 0.1) is 6.92 Å². The quantitative estimate of drug-likeness (QED) is 0.856. The van der Waals surface area contributed by atoms with Gasteiger partial charge in [-0.1, -0.05) is 29.8 Å². The molecule has 2 atom stereocenters. The SMILES string of the molecule is Cc1nnc(C(C)N2CCN(C(C)c3ccccc3Cl)CC2)o1. The zero-order valence-corrected chi connectivity index (χ0v) is 14.6. The minimum absolute atomic E-state index is 0.161. The van der Waals surface area contributed by atoms with E-state index in [0.717, 1.165) is 31.2 Å². The predicted molar refractivity (Wildman–Crippen MR) is 90.5 cm³/mol. The number of benzene rings is 1. The summed E-state index contributed by atoms with van der Waals surface area (Å²) < 4.78 is 5.56. The maximum atomic E-state index is 6.34. The number of rotatable bonds is 4. The number of hydrogen-bond acceptors (Lipinski definition) is 5. The fourth-order valence-electron chi connectivity index (χ4n) is 3.16. The molecular formula is C17H23ClN4O. The van der Waals surface area contributed by atoms with Gasteiger partial charge in [0.15, 0.2) is 0 Å². The van der Waals surface area contributed by atoms with Gasteiger partial charge in [-0.2, -0.15) is 0 Å². The fourth-order valence-corrected chi connectivity index (χ4v) is 3.45. The summed E-state index contributed by atoms with van der Waals surface area (Å²) >= 11 is 6.34. The van der Waals surface area contributed by atoms with Crippen molar-refractivity contribution in [3.63, 3.8) is 0 Å². The van der Waals surface area contributed by atoms with Gasteiger partial charge in [-0.3, -0.25) is 9.80 Å². The van der Waals surface area contributed by atoms with Gasteiger partial charge in [0.25, 0.3) is 0 Å². The second-order valence-electron chi connectivity index (χ2n) is 6.10. The van der Waals surface area contributed by atoms with E-state index in [2.05, 4.69) is 39.9 Å². The molecule has 1 aliphatic rings. The van der Waals surface area contributed by atoms with Crippen molar-refractivity contribution < 1.29 is 4.42 Å². The molecule has 0 N–H and O–H groups in total. The first-order valence-electron chi connectivity index (χ1n) is 8.09. The Bertz CT molecular complexity index is 652. The van der Waals surface area contributed by atoms with Crippen molar-refractivity contribution in [3.05, 3.63) is 46.6 Å². The van der Waals surface area contributed by atoms with Crippen molar-refractivity contribution in [1.29, 1.82) is 0 Å². The van der Waals surface area contributed by atoms with Gasteiger partial charge in [-0.05, 0) is 25.5 Å². The highest BCUT2D eigenvalue weighted by molar-refractivity contribution is 6.31. The van der Waals surface area contributed by atoms with E-state index in [1.807, 2.05) is 25.1 Å². The van der Waals surface area contributed by atoms with Crippen molar-refractivity contribution in [2.75, 3.05) is 26.2 Å². The molecule has 2 aromatic rings. The Kier molecular flexibility index (Phi) is 4.99. The van der Waals surface area contributed by atoms with Crippen LogP contribution in [0.3, 0.4) is 0 Å². The molecule has 2 heterocycles. The molecule has 6 heteroatoms. The van der Waals surface area contributed by atoms with E-state index in [0.29, 0.717) is 17.8 Å². The molecule has 0 aliphatic carbocycles. The average molecular weight is 335 g/mol. The minimum Gasteiger partial charge on any atom is -0.424 e. The van der Waals surface area contributed by atoms with Gasteiger partial charge >= 0.3 is 0 Å². The molecule has 1 fully saturated rings. The first kappa shape index (κ1) is 16.4. The Morgan fingerprint density at radius 3 is 2.17 bits per heavy atom. The molecule has 2 unspecified atom stereocenters. The van der Waals surface area contributed by atoms with Crippen LogP contribution >= 0.6 is 11.6 Å². The number of hydrogen-bond donors (Lipinski definition) is 0. The lowest BCUT2D eigenvalue weighted by Gasteiger charge is -2.40. The Balaban J connectivity index is 1.61. The van der Waals surface area contributed by atoms with Crippen molar-refractivity contribution in [1.82, 2.24) is 20.0 Å². The van der Waals surface area contributed by atoms with E-state index in [1.54, 1.807) is 0 Å². The van der Waals surface area contributed by atoms with Crippen LogP contribution in [-0.4, -0.2) is 46.2 Å². The van der Waals surface area contributed by atoms with Crippen molar-refractivity contribution >= 4 is 11.6 Å². The Morgan fingerprint density at radius 2 is 1.61 bits per heavy atom. The van der Waals surface area contributed by atoms with E-state index >= 15 is 0 Å². The second kappa shape index (κ2) is 6.99. The van der Waals surface area contributed by atoms with Gasteiger partial charge in [0.2, 0.25) is 11.8 Å². The molecule has 0 spiro atoms. The largest absolute Gasteiger partial charge is 0.424 e. The zero-order valence-electron chi connectivity index (χ0n) is 13.9. The van der Waals surface area contributed by atoms with E-state index in [1.165, 1.54) is 5.56 Å². The number of nitrogens with zero attached hydrogens (tertiary/aromatic N) is 4. The summed E-state index contributed by atoms with van der Waals surface area (Å²) in [5, 5.41) is 8.92.